The van der Waals surface area contributed by atoms with Crippen LogP contribution in [-0.2, 0) is 4.79 Å². The molecule has 1 aromatic heterocycles. The van der Waals surface area contributed by atoms with E-state index in [2.05, 4.69) is 4.98 Å². The molecule has 1 heterocycles. The van der Waals surface area contributed by atoms with E-state index in [4.69, 9.17) is 5.11 Å². The van der Waals surface area contributed by atoms with Crippen molar-refractivity contribution in [1.29, 1.82) is 0 Å². The van der Waals surface area contributed by atoms with Gasteiger partial charge in [-0.05, 0) is 6.07 Å². The Bertz CT molecular complexity index is 434. The Morgan fingerprint density at radius 1 is 1.39 bits per heavy atom. The predicted octanol–water partition coefficient (Wildman–Crippen LogP) is 0.454. The fraction of sp³-hybridized carbons (Fsp3) is 0.364. The average molecular weight is 271 g/mol. The first-order chi connectivity index (χ1) is 8.41. The molecule has 0 amide bonds. The third kappa shape index (κ3) is 4.10. The number of hydrogen-bond donors (Lipinski definition) is 3. The summed E-state index contributed by atoms with van der Waals surface area (Å²) in [5, 5.41) is 27.9. The molecule has 2 unspecified atom stereocenters. The van der Waals surface area contributed by atoms with Gasteiger partial charge in [-0.2, -0.15) is 0 Å². The quantitative estimate of drug-likeness (QED) is 0.713. The molecule has 0 radical (unpaired) electrons. The van der Waals surface area contributed by atoms with Crippen molar-refractivity contribution in [3.8, 4) is 0 Å². The summed E-state index contributed by atoms with van der Waals surface area (Å²) in [6.07, 6.45) is -1.13. The fourth-order valence-corrected chi connectivity index (χ4v) is 1.81. The van der Waals surface area contributed by atoms with E-state index in [0.29, 0.717) is 5.56 Å². The van der Waals surface area contributed by atoms with Gasteiger partial charge in [-0.15, -0.1) is 0 Å². The Labute approximate surface area is 108 Å². The summed E-state index contributed by atoms with van der Waals surface area (Å²) in [5.74, 6) is -1.10. The van der Waals surface area contributed by atoms with Crippen LogP contribution in [0.15, 0.2) is 18.3 Å². The minimum absolute atomic E-state index is 0.0666. The normalized spacial score (nSPS) is 13.9. The molecule has 18 heavy (non-hydrogen) atoms. The van der Waals surface area contributed by atoms with Gasteiger partial charge in [0, 0.05) is 24.4 Å². The van der Waals surface area contributed by atoms with Gasteiger partial charge < -0.3 is 15.3 Å². The number of thioether (sulfide) groups is 1. The van der Waals surface area contributed by atoms with E-state index in [0.717, 1.165) is 11.8 Å². The molecule has 0 aliphatic carbocycles. The highest BCUT2D eigenvalue weighted by atomic mass is 32.2. The third-order valence-corrected chi connectivity index (χ3v) is 3.08. The van der Waals surface area contributed by atoms with Crippen LogP contribution in [0.3, 0.4) is 0 Å². The zero-order chi connectivity index (χ0) is 13.7. The molecule has 6 nitrogen and oxygen atoms in total. The number of aromatic carboxylic acids is 1. The second-order valence-corrected chi connectivity index (χ2v) is 4.79. The Hall–Kier alpha value is -1.44. The number of pyridine rings is 1. The highest BCUT2D eigenvalue weighted by Crippen LogP contribution is 2.19. The fourth-order valence-electron chi connectivity index (χ4n) is 1.22. The van der Waals surface area contributed by atoms with E-state index in [-0.39, 0.29) is 16.6 Å². The lowest BCUT2D eigenvalue weighted by atomic mass is 10.1. The summed E-state index contributed by atoms with van der Waals surface area (Å²) in [6, 6.07) is 2.62. The van der Waals surface area contributed by atoms with Crippen LogP contribution >= 0.6 is 11.8 Å². The molecule has 0 aliphatic heterocycles. The number of aliphatic hydroxyl groups is 2. The molecule has 0 saturated carbocycles. The highest BCUT2D eigenvalue weighted by Gasteiger charge is 2.19. The van der Waals surface area contributed by atoms with Crippen LogP contribution in [-0.4, -0.2) is 43.2 Å². The lowest BCUT2D eigenvalue weighted by Crippen LogP contribution is -2.21. The number of nitrogens with zero attached hydrogens (tertiary/aromatic N) is 1. The first-order valence-corrected chi connectivity index (χ1v) is 6.09. The van der Waals surface area contributed by atoms with Crippen molar-refractivity contribution in [2.75, 3.05) is 5.75 Å². The van der Waals surface area contributed by atoms with Crippen LogP contribution < -0.4 is 0 Å². The van der Waals surface area contributed by atoms with E-state index >= 15 is 0 Å². The monoisotopic (exact) mass is 271 g/mol. The number of carboxylic acid groups (broad SMARTS) is 1. The zero-order valence-corrected chi connectivity index (χ0v) is 10.4. The topological polar surface area (TPSA) is 108 Å². The number of carbonyl (C=O) groups is 2. The molecule has 0 aliphatic rings. The second kappa shape index (κ2) is 6.48. The molecule has 1 aromatic rings. The van der Waals surface area contributed by atoms with Gasteiger partial charge in [0.2, 0.25) is 0 Å². The summed E-state index contributed by atoms with van der Waals surface area (Å²) in [7, 11) is 0. The lowest BCUT2D eigenvalue weighted by molar-refractivity contribution is -0.109. The van der Waals surface area contributed by atoms with Gasteiger partial charge >= 0.3 is 5.97 Å². The van der Waals surface area contributed by atoms with Gasteiger partial charge in [-0.3, -0.25) is 4.79 Å². The van der Waals surface area contributed by atoms with Gasteiger partial charge in [-0.1, -0.05) is 17.8 Å². The molecule has 0 spiro atoms. The first-order valence-electron chi connectivity index (χ1n) is 5.10. The van der Waals surface area contributed by atoms with Crippen LogP contribution in [0.5, 0.6) is 0 Å². The summed E-state index contributed by atoms with van der Waals surface area (Å²) >= 11 is 0.907. The van der Waals surface area contributed by atoms with Crippen LogP contribution in [0, 0.1) is 0 Å². The number of rotatable bonds is 5. The molecule has 0 aromatic carbocycles. The maximum atomic E-state index is 10.7. The van der Waals surface area contributed by atoms with Crippen LogP contribution in [0.25, 0.3) is 0 Å². The number of hydrogen-bond acceptors (Lipinski definition) is 6. The first kappa shape index (κ1) is 14.6. The van der Waals surface area contributed by atoms with Crippen molar-refractivity contribution < 1.29 is 24.9 Å². The van der Waals surface area contributed by atoms with Crippen LogP contribution in [0.1, 0.15) is 29.1 Å². The van der Waals surface area contributed by atoms with Crippen LogP contribution in [0.2, 0.25) is 0 Å². The third-order valence-electron chi connectivity index (χ3n) is 2.17. The van der Waals surface area contributed by atoms with E-state index in [1.165, 1.54) is 25.3 Å². The van der Waals surface area contributed by atoms with Gasteiger partial charge in [0.1, 0.15) is 11.8 Å². The molecular weight excluding hydrogens is 258 g/mol. The Kier molecular flexibility index (Phi) is 5.26. The van der Waals surface area contributed by atoms with E-state index < -0.39 is 18.2 Å². The van der Waals surface area contributed by atoms with Crippen molar-refractivity contribution in [2.45, 2.75) is 19.1 Å². The van der Waals surface area contributed by atoms with E-state index in [9.17, 15) is 19.8 Å². The van der Waals surface area contributed by atoms with Crippen molar-refractivity contribution >= 4 is 22.8 Å². The average Bonchev–Trinajstić information content (AvgIpc) is 2.35. The summed E-state index contributed by atoms with van der Waals surface area (Å²) < 4.78 is 0. The number of aromatic nitrogens is 1. The van der Waals surface area contributed by atoms with Gasteiger partial charge in [0.05, 0.1) is 6.10 Å². The van der Waals surface area contributed by atoms with Gasteiger partial charge in [0.25, 0.3) is 0 Å². The Morgan fingerprint density at radius 2 is 2.06 bits per heavy atom. The minimum atomic E-state index is -1.20. The number of aliphatic hydroxyl groups excluding tert-OH is 2. The van der Waals surface area contributed by atoms with Gasteiger partial charge in [0.15, 0.2) is 5.12 Å². The Balaban J connectivity index is 2.68. The van der Waals surface area contributed by atoms with E-state index in [1.807, 2.05) is 0 Å². The van der Waals surface area contributed by atoms with Crippen molar-refractivity contribution in [3.63, 3.8) is 0 Å². The second-order valence-electron chi connectivity index (χ2n) is 3.60. The van der Waals surface area contributed by atoms with Crippen molar-refractivity contribution in [1.82, 2.24) is 4.98 Å². The summed E-state index contributed by atoms with van der Waals surface area (Å²) in [4.78, 5) is 24.9. The maximum Gasteiger partial charge on any atom is 0.354 e. The molecular formula is C11H13NO5S. The smallest absolute Gasteiger partial charge is 0.354 e. The summed E-state index contributed by atoms with van der Waals surface area (Å²) in [5.41, 5.74) is 0.162. The standard InChI is InChI=1S/C11H13NO5S/c1-6(13)18-5-9(14)10(15)7-2-3-8(11(16)17)12-4-7/h2-4,9-10,14-15H,5H2,1H3,(H,16,17). The highest BCUT2D eigenvalue weighted by molar-refractivity contribution is 8.13. The lowest BCUT2D eigenvalue weighted by Gasteiger charge is -2.16. The van der Waals surface area contributed by atoms with Crippen molar-refractivity contribution in [2.24, 2.45) is 0 Å². The largest absolute Gasteiger partial charge is 0.477 e. The zero-order valence-electron chi connectivity index (χ0n) is 9.61. The SMILES string of the molecule is CC(=O)SCC(O)C(O)c1ccc(C(=O)O)nc1. The minimum Gasteiger partial charge on any atom is -0.477 e. The summed E-state index contributed by atoms with van der Waals surface area (Å²) in [6.45, 7) is 1.37. The molecule has 0 saturated heterocycles. The molecule has 7 heteroatoms. The molecule has 98 valence electrons. The van der Waals surface area contributed by atoms with E-state index in [1.54, 1.807) is 0 Å². The van der Waals surface area contributed by atoms with Gasteiger partial charge in [-0.25, -0.2) is 9.78 Å². The number of carboxylic acids is 1. The molecule has 0 fully saturated rings. The number of carbonyl (C=O) groups excluding carboxylic acids is 1. The Morgan fingerprint density at radius 3 is 2.50 bits per heavy atom. The molecule has 3 N–H and O–H groups in total. The molecule has 1 rings (SSSR count). The predicted molar refractivity (Wildman–Crippen MR) is 65.3 cm³/mol. The van der Waals surface area contributed by atoms with Crippen molar-refractivity contribution in [3.05, 3.63) is 29.6 Å². The maximum absolute atomic E-state index is 10.7. The molecule has 0 bridgehead atoms. The molecule has 2 atom stereocenters. The van der Waals surface area contributed by atoms with Crippen LogP contribution in [0.4, 0.5) is 0 Å².